The number of urea groups is 1. The Morgan fingerprint density at radius 3 is 1.34 bits per heavy atom. The van der Waals surface area contributed by atoms with Gasteiger partial charge in [0.2, 0.25) is 4.91 Å². The minimum absolute atomic E-state index is 0.0535. The van der Waals surface area contributed by atoms with Gasteiger partial charge in [-0.2, -0.15) is 0 Å². The van der Waals surface area contributed by atoms with Crippen LogP contribution in [0.1, 0.15) is 46.5 Å². The number of nitrogens with one attached hydrogen (secondary N) is 4. The predicted octanol–water partition coefficient (Wildman–Crippen LogP) is 1.04. The Hall–Kier alpha value is -2.56. The van der Waals surface area contributed by atoms with Gasteiger partial charge in [0.25, 0.3) is 0 Å². The van der Waals surface area contributed by atoms with Crippen LogP contribution in [0.3, 0.4) is 0 Å². The van der Waals surface area contributed by atoms with Gasteiger partial charge >= 0.3 is 178 Å². The van der Waals surface area contributed by atoms with Gasteiger partial charge in [0, 0.05) is 0 Å². The van der Waals surface area contributed by atoms with E-state index in [0.717, 1.165) is 0 Å². The number of Topliss-reactive ketones (excluding diaryl/α,β-unsaturated/α-hetero) is 1. The molecule has 0 saturated carbocycles. The van der Waals surface area contributed by atoms with Crippen LogP contribution < -0.4 is 24.8 Å². The Balaban J connectivity index is 3.61. The van der Waals surface area contributed by atoms with Gasteiger partial charge in [-0.3, -0.25) is 0 Å². The monoisotopic (exact) mass is 1060 g/mol. The molecule has 0 spiro atoms. The molecule has 24 heteroatoms. The maximum atomic E-state index is 13.3. The Bertz CT molecular complexity index is 1240. The van der Waals surface area contributed by atoms with Crippen molar-refractivity contribution in [1.82, 2.24) is 19.1 Å². The summed E-state index contributed by atoms with van der Waals surface area (Å²) in [5.41, 5.74) is 11.6. The third-order valence-electron chi connectivity index (χ3n) is 8.44. The average Bonchev–Trinajstić information content (AvgIpc) is 3.29. The van der Waals surface area contributed by atoms with E-state index in [-0.39, 0.29) is 56.1 Å². The summed E-state index contributed by atoms with van der Waals surface area (Å²) in [6.07, 6.45) is 0.726. The molecule has 2 atom stereocenters. The van der Waals surface area contributed by atoms with Gasteiger partial charge in [-0.15, -0.1) is 0 Å². The number of hydrogen-bond acceptors (Lipinski definition) is 18. The zero-order valence-corrected chi connectivity index (χ0v) is 41.2. The van der Waals surface area contributed by atoms with Gasteiger partial charge in [0.1, 0.15) is 17.2 Å². The second-order valence-electron chi connectivity index (χ2n) is 14.0. The fourth-order valence-electron chi connectivity index (χ4n) is 5.17. The van der Waals surface area contributed by atoms with E-state index in [1.807, 2.05) is 20.8 Å². The SMILES string of the molecule is [2H]I(CC)NC(=O)[C@H](CCCNC(N)=O)CC(=O)[C@@H](NC(=O)CCOCCOCCOCCOCCOCCOCCOCCOCCOCCOCCOCCOCCN=[N+]=N)C(C)C. The van der Waals surface area contributed by atoms with E-state index in [9.17, 15) is 19.2 Å². The van der Waals surface area contributed by atoms with E-state index in [4.69, 9.17) is 68.7 Å². The molecule has 0 bridgehead atoms. The van der Waals surface area contributed by atoms with Crippen molar-refractivity contribution >= 4 is 44.9 Å². The maximum absolute atomic E-state index is 13.3. The molecule has 0 aromatic heterocycles. The molecule has 0 aliphatic heterocycles. The second-order valence-corrected chi connectivity index (χ2v) is 16.8. The quantitative estimate of drug-likeness (QED) is 0.0142. The number of primary amides is 1. The molecule has 0 fully saturated rings. The minimum atomic E-state index is -2.37. The van der Waals surface area contributed by atoms with Crippen molar-refractivity contribution in [3.8, 4) is 0 Å². The molecule has 382 valence electrons. The van der Waals surface area contributed by atoms with Crippen LogP contribution in [0.2, 0.25) is 0 Å². The van der Waals surface area contributed by atoms with E-state index in [1.165, 1.54) is 0 Å². The molecular formula is C41H81IN7O16+. The molecule has 23 nitrogen and oxygen atoms in total. The zero-order chi connectivity index (χ0) is 48.6. The number of nitrogens with zero attached hydrogens (tertiary/aromatic N) is 2. The third kappa shape index (κ3) is 45.0. The van der Waals surface area contributed by atoms with Crippen LogP contribution in [0.15, 0.2) is 5.11 Å². The predicted molar refractivity (Wildman–Crippen MR) is 247 cm³/mol. The standard InChI is InChI=1S/C41H80IN7O16/c1-4-42-48-40(52)36(6-5-8-45-41(43)53)34-37(50)39(35(2)3)47-38(51)7-10-54-12-14-56-16-18-58-20-22-60-24-26-62-28-30-64-32-33-65-31-29-63-27-25-61-23-21-59-19-17-57-15-13-55-11-9-46-49-44/h35-36,39,42,44H,4-34H2,1-3H3,(H4-,43,45,47,48,51,52,53)/p+1/t36-,39+/m1/s1/i42D. The van der Waals surface area contributed by atoms with Crippen LogP contribution in [0.4, 0.5) is 4.79 Å². The number of nitrogens with two attached hydrogens (primary N) is 1. The molecule has 0 aromatic carbocycles. The molecule has 65 heavy (non-hydrogen) atoms. The Labute approximate surface area is 396 Å². The Morgan fingerprint density at radius 2 is 1.00 bits per heavy atom. The van der Waals surface area contributed by atoms with Crippen LogP contribution in [0, 0.1) is 17.4 Å². The molecule has 6 N–H and O–H groups in total. The summed E-state index contributed by atoms with van der Waals surface area (Å²) in [5.74, 6) is -1.84. The fraction of sp³-hybridized carbons (Fsp3) is 0.902. The number of ketones is 1. The number of carbonyl (C=O) groups is 4. The summed E-state index contributed by atoms with van der Waals surface area (Å²) in [4.78, 5) is 52.7. The molecule has 0 rings (SSSR count). The second kappa shape index (κ2) is 49.3. The number of halogens is 1. The molecule has 0 unspecified atom stereocenters. The number of amides is 4. The number of ether oxygens (including phenoxy) is 12. The van der Waals surface area contributed by atoms with E-state index >= 15 is 0 Å². The van der Waals surface area contributed by atoms with Gasteiger partial charge in [-0.05, 0) is 0 Å². The van der Waals surface area contributed by atoms with Crippen LogP contribution in [-0.2, 0) is 71.2 Å². The summed E-state index contributed by atoms with van der Waals surface area (Å²) in [5, 5.41) is 8.74. The molecule has 0 saturated heterocycles. The number of alkyl halides is 1. The van der Waals surface area contributed by atoms with E-state index in [0.29, 0.717) is 169 Å². The van der Waals surface area contributed by atoms with Gasteiger partial charge < -0.3 is 52.1 Å². The molecule has 0 aliphatic carbocycles. The van der Waals surface area contributed by atoms with Crippen LogP contribution >= 0.6 is 21.3 Å². The van der Waals surface area contributed by atoms with Gasteiger partial charge in [-0.1, -0.05) is 0 Å². The summed E-state index contributed by atoms with van der Waals surface area (Å²) in [7, 11) is 0. The summed E-state index contributed by atoms with van der Waals surface area (Å²) >= 11 is -2.37. The van der Waals surface area contributed by atoms with Gasteiger partial charge in [-0.25, -0.2) is 0 Å². The first kappa shape index (κ1) is 60.5. The van der Waals surface area contributed by atoms with Crippen molar-refractivity contribution in [2.45, 2.75) is 52.5 Å². The van der Waals surface area contributed by atoms with Gasteiger partial charge in [0.05, 0.1) is 145 Å². The average molecular weight is 1060 g/mol. The summed E-state index contributed by atoms with van der Waals surface area (Å²) < 4.78 is 76.9. The first-order valence-corrected chi connectivity index (χ1v) is 25.0. The van der Waals surface area contributed by atoms with Crippen molar-refractivity contribution in [3.63, 3.8) is 0 Å². The number of rotatable bonds is 51. The van der Waals surface area contributed by atoms with Crippen LogP contribution in [0.5, 0.6) is 0 Å². The van der Waals surface area contributed by atoms with E-state index < -0.39 is 39.3 Å². The van der Waals surface area contributed by atoms with Crippen molar-refractivity contribution < 1.29 is 76.0 Å². The number of hydrogen-bond donors (Lipinski definition) is 5. The Morgan fingerprint density at radius 1 is 0.631 bits per heavy atom. The van der Waals surface area contributed by atoms with E-state index in [2.05, 4.69) is 24.2 Å². The van der Waals surface area contributed by atoms with Crippen LogP contribution in [-0.4, -0.2) is 206 Å². The van der Waals surface area contributed by atoms with Crippen molar-refractivity contribution in [1.29, 1.82) is 6.12 Å². The summed E-state index contributed by atoms with van der Waals surface area (Å²) in [6, 6.07) is -1.45. The Kier molecular flexibility index (Phi) is 45.9. The molecule has 0 radical (unpaired) electrons. The molecule has 0 aromatic rings. The van der Waals surface area contributed by atoms with Crippen molar-refractivity contribution in [3.05, 3.63) is 0 Å². The first-order valence-electron chi connectivity index (χ1n) is 22.8. The first-order chi connectivity index (χ1) is 32.1. The topological polar surface area (TPSA) is 291 Å². The third-order valence-corrected chi connectivity index (χ3v) is 10.1. The van der Waals surface area contributed by atoms with Crippen molar-refractivity contribution in [2.24, 2.45) is 22.7 Å². The molecule has 0 heterocycles. The van der Waals surface area contributed by atoms with Crippen LogP contribution in [0.25, 0.3) is 0 Å². The molecule has 0 aliphatic rings. The summed E-state index contributed by atoms with van der Waals surface area (Å²) in [6.45, 7) is 16.4. The molecular weight excluding hydrogens is 973 g/mol. The molecule has 4 amide bonds. The van der Waals surface area contributed by atoms with Gasteiger partial charge in [0.15, 0.2) is 0 Å². The van der Waals surface area contributed by atoms with E-state index in [1.54, 1.807) is 0 Å². The van der Waals surface area contributed by atoms with Crippen molar-refractivity contribution in [2.75, 3.05) is 176 Å². The fourth-order valence-corrected chi connectivity index (χ4v) is 6.37. The normalized spacial score (nSPS) is 12.6. The number of carbonyl (C=O) groups excluding carboxylic acids is 4. The zero-order valence-electron chi connectivity index (χ0n) is 40.0.